The molecule has 0 saturated heterocycles. The molecule has 1 heterocycles. The van der Waals surface area contributed by atoms with Crippen molar-refractivity contribution in [2.75, 3.05) is 11.9 Å². The predicted molar refractivity (Wildman–Crippen MR) is 82.4 cm³/mol. The van der Waals surface area contributed by atoms with Crippen LogP contribution in [0.2, 0.25) is 0 Å². The topological polar surface area (TPSA) is 24.9 Å². The zero-order valence-corrected chi connectivity index (χ0v) is 13.0. The van der Waals surface area contributed by atoms with Crippen molar-refractivity contribution in [2.45, 2.75) is 34.1 Å². The molecule has 96 valence electrons. The largest absolute Gasteiger partial charge is 0.384 e. The number of aromatic nitrogens is 1. The van der Waals surface area contributed by atoms with E-state index in [1.807, 2.05) is 6.92 Å². The molecule has 1 aromatic heterocycles. The highest BCUT2D eigenvalue weighted by Crippen LogP contribution is 2.33. The van der Waals surface area contributed by atoms with Crippen molar-refractivity contribution in [3.8, 4) is 0 Å². The Bertz CT molecular complexity index is 591. The fourth-order valence-corrected chi connectivity index (χ4v) is 2.58. The Hall–Kier alpha value is -1.09. The van der Waals surface area contributed by atoms with Crippen LogP contribution in [0, 0.1) is 20.8 Å². The van der Waals surface area contributed by atoms with E-state index in [2.05, 4.69) is 59.1 Å². The maximum Gasteiger partial charge on any atom is 0.0732 e. The summed E-state index contributed by atoms with van der Waals surface area (Å²) in [5.41, 5.74) is 5.82. The second-order valence-electron chi connectivity index (χ2n) is 4.76. The van der Waals surface area contributed by atoms with Gasteiger partial charge < -0.3 is 5.32 Å². The third-order valence-electron chi connectivity index (χ3n) is 3.14. The molecule has 0 aliphatic heterocycles. The molecular weight excluding hydrogens is 288 g/mol. The summed E-state index contributed by atoms with van der Waals surface area (Å²) < 4.78 is 1.18. The minimum atomic E-state index is 0.990. The zero-order chi connectivity index (χ0) is 13.3. The number of hydrogen-bond donors (Lipinski definition) is 1. The number of benzene rings is 1. The van der Waals surface area contributed by atoms with E-state index in [4.69, 9.17) is 0 Å². The molecule has 1 N–H and O–H groups in total. The molecule has 0 aliphatic carbocycles. The fourth-order valence-electron chi connectivity index (χ4n) is 2.27. The lowest BCUT2D eigenvalue weighted by atomic mass is 10.0. The Balaban J connectivity index is 2.72. The van der Waals surface area contributed by atoms with Crippen LogP contribution in [0.1, 0.15) is 30.2 Å². The smallest absolute Gasteiger partial charge is 0.0732 e. The van der Waals surface area contributed by atoms with Crippen LogP contribution in [-0.2, 0) is 0 Å². The van der Waals surface area contributed by atoms with Crippen molar-refractivity contribution in [3.63, 3.8) is 0 Å². The van der Waals surface area contributed by atoms with Crippen molar-refractivity contribution in [1.82, 2.24) is 4.98 Å². The zero-order valence-electron chi connectivity index (χ0n) is 11.4. The fraction of sp³-hybridized carbons (Fsp3) is 0.400. The van der Waals surface area contributed by atoms with Crippen LogP contribution in [0.4, 0.5) is 5.69 Å². The van der Waals surface area contributed by atoms with Gasteiger partial charge >= 0.3 is 0 Å². The molecule has 0 fully saturated rings. The molecule has 0 spiro atoms. The van der Waals surface area contributed by atoms with Crippen LogP contribution in [0.3, 0.4) is 0 Å². The third-order valence-corrected chi connectivity index (χ3v) is 4.36. The monoisotopic (exact) mass is 306 g/mol. The van der Waals surface area contributed by atoms with Crippen LogP contribution in [0.5, 0.6) is 0 Å². The number of pyridine rings is 1. The van der Waals surface area contributed by atoms with Crippen LogP contribution in [0.25, 0.3) is 10.9 Å². The first-order valence-electron chi connectivity index (χ1n) is 6.35. The molecule has 2 nitrogen and oxygen atoms in total. The van der Waals surface area contributed by atoms with Crippen LogP contribution < -0.4 is 5.32 Å². The average Bonchev–Trinajstić information content (AvgIpc) is 2.32. The molecule has 0 atom stereocenters. The van der Waals surface area contributed by atoms with Gasteiger partial charge in [0.1, 0.15) is 0 Å². The summed E-state index contributed by atoms with van der Waals surface area (Å²) in [4.78, 5) is 4.65. The molecule has 1 aromatic carbocycles. The van der Waals surface area contributed by atoms with E-state index in [0.29, 0.717) is 0 Å². The summed E-state index contributed by atoms with van der Waals surface area (Å²) in [5, 5.41) is 4.73. The van der Waals surface area contributed by atoms with E-state index in [1.165, 1.54) is 26.7 Å². The van der Waals surface area contributed by atoms with Gasteiger partial charge in [0.25, 0.3) is 0 Å². The summed E-state index contributed by atoms with van der Waals surface area (Å²) in [5.74, 6) is 0. The van der Waals surface area contributed by atoms with Gasteiger partial charge in [-0.2, -0.15) is 0 Å². The molecule has 0 saturated carbocycles. The number of anilines is 1. The summed E-state index contributed by atoms with van der Waals surface area (Å²) in [6.45, 7) is 9.47. The standard InChI is InChI=1S/C15H19BrN2/c1-5-6-17-12-8-10(3)18-13-7-9(2)15(16)11(4)14(12)13/h7-8H,5-6H2,1-4H3,(H,17,18). The van der Waals surface area contributed by atoms with E-state index < -0.39 is 0 Å². The van der Waals surface area contributed by atoms with Gasteiger partial charge in [-0.3, -0.25) is 4.98 Å². The third kappa shape index (κ3) is 2.37. The van der Waals surface area contributed by atoms with E-state index in [0.717, 1.165) is 24.2 Å². The van der Waals surface area contributed by atoms with Gasteiger partial charge in [0, 0.05) is 27.8 Å². The van der Waals surface area contributed by atoms with E-state index in [1.54, 1.807) is 0 Å². The predicted octanol–water partition coefficient (Wildman–Crippen LogP) is 4.74. The Labute approximate surface area is 117 Å². The average molecular weight is 307 g/mol. The summed E-state index contributed by atoms with van der Waals surface area (Å²) >= 11 is 3.67. The molecule has 0 aliphatic rings. The highest BCUT2D eigenvalue weighted by Gasteiger charge is 2.11. The quantitative estimate of drug-likeness (QED) is 0.885. The lowest BCUT2D eigenvalue weighted by molar-refractivity contribution is 0.980. The SMILES string of the molecule is CCCNc1cc(C)nc2cc(C)c(Br)c(C)c12. The van der Waals surface area contributed by atoms with E-state index in [9.17, 15) is 0 Å². The maximum absolute atomic E-state index is 4.65. The highest BCUT2D eigenvalue weighted by molar-refractivity contribution is 9.10. The number of nitrogens with zero attached hydrogens (tertiary/aromatic N) is 1. The van der Waals surface area contributed by atoms with Crippen molar-refractivity contribution in [1.29, 1.82) is 0 Å². The van der Waals surface area contributed by atoms with E-state index >= 15 is 0 Å². The first-order valence-corrected chi connectivity index (χ1v) is 7.14. The Morgan fingerprint density at radius 1 is 1.22 bits per heavy atom. The number of nitrogens with one attached hydrogen (secondary N) is 1. The molecule has 3 heteroatoms. The van der Waals surface area contributed by atoms with Crippen molar-refractivity contribution >= 4 is 32.5 Å². The summed E-state index contributed by atoms with van der Waals surface area (Å²) in [6, 6.07) is 4.28. The molecule has 0 amide bonds. The lowest BCUT2D eigenvalue weighted by Crippen LogP contribution is -2.03. The molecular formula is C15H19BrN2. The minimum Gasteiger partial charge on any atom is -0.384 e. The van der Waals surface area contributed by atoms with Gasteiger partial charge in [0.2, 0.25) is 0 Å². The number of hydrogen-bond acceptors (Lipinski definition) is 2. The van der Waals surface area contributed by atoms with Crippen molar-refractivity contribution in [2.24, 2.45) is 0 Å². The van der Waals surface area contributed by atoms with Gasteiger partial charge in [-0.05, 0) is 50.5 Å². The number of fused-ring (bicyclic) bond motifs is 1. The Morgan fingerprint density at radius 3 is 2.61 bits per heavy atom. The Kier molecular flexibility index (Phi) is 3.91. The first kappa shape index (κ1) is 13.3. The maximum atomic E-state index is 4.65. The van der Waals surface area contributed by atoms with E-state index in [-0.39, 0.29) is 0 Å². The molecule has 2 aromatic rings. The second kappa shape index (κ2) is 5.27. The van der Waals surface area contributed by atoms with Crippen molar-refractivity contribution in [3.05, 3.63) is 33.4 Å². The van der Waals surface area contributed by atoms with Crippen molar-refractivity contribution < 1.29 is 0 Å². The molecule has 0 unspecified atom stereocenters. The highest BCUT2D eigenvalue weighted by atomic mass is 79.9. The van der Waals surface area contributed by atoms with Crippen LogP contribution in [-0.4, -0.2) is 11.5 Å². The first-order chi connectivity index (χ1) is 8.54. The van der Waals surface area contributed by atoms with Crippen LogP contribution in [0.15, 0.2) is 16.6 Å². The number of halogens is 1. The normalized spacial score (nSPS) is 10.9. The lowest BCUT2D eigenvalue weighted by Gasteiger charge is -2.14. The number of aryl methyl sites for hydroxylation is 3. The molecule has 0 radical (unpaired) electrons. The second-order valence-corrected chi connectivity index (χ2v) is 5.56. The van der Waals surface area contributed by atoms with Gasteiger partial charge in [-0.1, -0.05) is 22.9 Å². The summed E-state index contributed by atoms with van der Waals surface area (Å²) in [6.07, 6.45) is 1.12. The molecule has 2 rings (SSSR count). The van der Waals surface area contributed by atoms with Gasteiger partial charge in [-0.15, -0.1) is 0 Å². The number of rotatable bonds is 3. The summed E-state index contributed by atoms with van der Waals surface area (Å²) in [7, 11) is 0. The van der Waals surface area contributed by atoms with Gasteiger partial charge in [0.15, 0.2) is 0 Å². The van der Waals surface area contributed by atoms with Gasteiger partial charge in [0.05, 0.1) is 5.52 Å². The molecule has 0 bridgehead atoms. The Morgan fingerprint density at radius 2 is 1.94 bits per heavy atom. The minimum absolute atomic E-state index is 0.990. The van der Waals surface area contributed by atoms with Crippen LogP contribution >= 0.6 is 15.9 Å². The van der Waals surface area contributed by atoms with Gasteiger partial charge in [-0.25, -0.2) is 0 Å². The molecule has 18 heavy (non-hydrogen) atoms.